The number of hydrogen-bond donors (Lipinski definition) is 6. The molecule has 1 aromatic carbocycles. The summed E-state index contributed by atoms with van der Waals surface area (Å²) >= 11 is 5.83. The van der Waals surface area contributed by atoms with Gasteiger partial charge in [-0.3, -0.25) is 4.99 Å². The molecule has 10 heteroatoms. The fraction of sp³-hybridized carbons (Fsp3) is 0.429. The lowest BCUT2D eigenvalue weighted by atomic mass is 9.68. The predicted molar refractivity (Wildman–Crippen MR) is 78.8 cm³/mol. The fourth-order valence-electron chi connectivity index (χ4n) is 3.06. The normalized spacial score (nSPS) is 44.3. The Bertz CT molecular complexity index is 724. The number of aliphatic imine (C=N–C) groups is 1. The number of carboxylic acid groups (broad SMARTS) is 1. The number of alkyl halides is 1. The van der Waals surface area contributed by atoms with E-state index in [4.69, 9.17) is 16.3 Å². The van der Waals surface area contributed by atoms with Crippen molar-refractivity contribution < 1.29 is 40.2 Å². The number of aliphatic carboxylic acids is 1. The summed E-state index contributed by atoms with van der Waals surface area (Å²) in [4.78, 5) is 15.4. The summed E-state index contributed by atoms with van der Waals surface area (Å²) in [5.41, 5.74) is -5.64. The second-order valence-corrected chi connectivity index (χ2v) is 6.25. The van der Waals surface area contributed by atoms with E-state index < -0.39 is 40.7 Å². The van der Waals surface area contributed by atoms with Gasteiger partial charge in [0.15, 0.2) is 29.7 Å². The zero-order chi connectivity index (χ0) is 17.9. The molecule has 0 amide bonds. The number of ether oxygens (including phenoxy) is 1. The summed E-state index contributed by atoms with van der Waals surface area (Å²) in [6.07, 6.45) is -6.09. The highest BCUT2D eigenvalue weighted by Gasteiger charge is 2.75. The van der Waals surface area contributed by atoms with E-state index in [9.17, 15) is 35.4 Å². The molecule has 6 atom stereocenters. The van der Waals surface area contributed by atoms with E-state index in [1.54, 1.807) is 6.07 Å². The second-order valence-electron chi connectivity index (χ2n) is 5.67. The summed E-state index contributed by atoms with van der Waals surface area (Å²) in [5.74, 6) is -1.83. The molecule has 130 valence electrons. The van der Waals surface area contributed by atoms with Crippen LogP contribution in [0, 0.1) is 0 Å². The molecule has 0 radical (unpaired) electrons. The summed E-state index contributed by atoms with van der Waals surface area (Å²) in [5, 5.41) is 58.1. The molecular weight excluding hydrogens is 346 g/mol. The number of benzene rings is 1. The van der Waals surface area contributed by atoms with Crippen LogP contribution in [0.4, 0.5) is 5.69 Å². The van der Waals surface area contributed by atoms with E-state index >= 15 is 0 Å². The van der Waals surface area contributed by atoms with Gasteiger partial charge in [0.05, 0.1) is 5.69 Å². The third-order valence-electron chi connectivity index (χ3n) is 4.36. The van der Waals surface area contributed by atoms with Crippen LogP contribution >= 0.6 is 11.6 Å². The first-order valence-corrected chi connectivity index (χ1v) is 7.20. The van der Waals surface area contributed by atoms with Gasteiger partial charge in [-0.25, -0.2) is 4.79 Å². The van der Waals surface area contributed by atoms with Crippen LogP contribution in [0.1, 0.15) is 5.56 Å². The topological polar surface area (TPSA) is 160 Å². The smallest absolute Gasteiger partial charge is 0.336 e. The molecule has 1 saturated heterocycles. The van der Waals surface area contributed by atoms with Gasteiger partial charge in [-0.15, -0.1) is 0 Å². The molecule has 0 bridgehead atoms. The van der Waals surface area contributed by atoms with Gasteiger partial charge in [0.1, 0.15) is 0 Å². The van der Waals surface area contributed by atoms with Crippen LogP contribution in [0.5, 0.6) is 0 Å². The maximum atomic E-state index is 11.5. The molecule has 1 fully saturated rings. The summed E-state index contributed by atoms with van der Waals surface area (Å²) < 4.78 is 4.69. The lowest BCUT2D eigenvalue weighted by molar-refractivity contribution is -0.352. The maximum absolute atomic E-state index is 11.5. The average Bonchev–Trinajstić information content (AvgIpc) is 2.88. The van der Waals surface area contributed by atoms with Crippen molar-refractivity contribution in [3.8, 4) is 0 Å². The molecule has 3 rings (SSSR count). The van der Waals surface area contributed by atoms with Gasteiger partial charge in [0.2, 0.25) is 5.06 Å². The highest BCUT2D eigenvalue weighted by atomic mass is 35.5. The average molecular weight is 360 g/mol. The Labute approximate surface area is 140 Å². The van der Waals surface area contributed by atoms with Crippen molar-refractivity contribution in [2.45, 2.75) is 34.8 Å². The van der Waals surface area contributed by atoms with Crippen LogP contribution in [0.25, 0.3) is 0 Å². The third kappa shape index (κ3) is 1.91. The number of halogens is 1. The largest absolute Gasteiger partial charge is 0.479 e. The van der Waals surface area contributed by atoms with E-state index in [1.165, 1.54) is 18.2 Å². The summed E-state index contributed by atoms with van der Waals surface area (Å²) in [7, 11) is 0. The predicted octanol–water partition coefficient (Wildman–Crippen LogP) is -1.59. The molecule has 2 aliphatic rings. The van der Waals surface area contributed by atoms with E-state index in [1.807, 2.05) is 0 Å². The van der Waals surface area contributed by atoms with E-state index in [-0.39, 0.29) is 11.3 Å². The van der Waals surface area contributed by atoms with Crippen molar-refractivity contribution in [2.75, 3.05) is 0 Å². The molecule has 1 aromatic rings. The molecule has 0 saturated carbocycles. The Morgan fingerprint density at radius 1 is 1.21 bits per heavy atom. The van der Waals surface area contributed by atoms with E-state index in [0.29, 0.717) is 0 Å². The number of nitrogens with zero attached hydrogens (tertiary/aromatic N) is 1. The maximum Gasteiger partial charge on any atom is 0.336 e. The minimum Gasteiger partial charge on any atom is -0.479 e. The Morgan fingerprint density at radius 3 is 2.46 bits per heavy atom. The highest BCUT2D eigenvalue weighted by Crippen LogP contribution is 2.53. The van der Waals surface area contributed by atoms with E-state index in [0.717, 1.165) is 6.21 Å². The SMILES string of the molecule is O=C(O)[C@H]1O[C@@H](O)[C@H](O)[C@](O)(Cl)[C@@]1(O)C1(O)C=Nc2ccccc21. The van der Waals surface area contributed by atoms with E-state index in [2.05, 4.69) is 4.99 Å². The zero-order valence-electron chi connectivity index (χ0n) is 11.9. The molecule has 24 heavy (non-hydrogen) atoms. The molecule has 2 heterocycles. The third-order valence-corrected chi connectivity index (χ3v) is 4.87. The molecule has 0 aromatic heterocycles. The minimum absolute atomic E-state index is 0.0509. The molecular formula is C14H14ClNO8. The van der Waals surface area contributed by atoms with Crippen LogP contribution in [-0.4, -0.2) is 72.0 Å². The Balaban J connectivity index is 2.25. The number of rotatable bonds is 2. The standard InChI is InChI=1S/C14H14ClNO8/c15-14(23)8(17)11(20)24-9(10(18)19)13(14,22)12(21)5-16-7-4-2-1-3-6(7)12/h1-5,8-9,11,17,20-23H,(H,18,19)/t8-,9+,11+,12?,13-,14+/m0/s1. The first kappa shape index (κ1) is 17.2. The van der Waals surface area contributed by atoms with Gasteiger partial charge in [-0.05, 0) is 6.07 Å². The fourth-order valence-corrected chi connectivity index (χ4v) is 3.41. The van der Waals surface area contributed by atoms with Crippen LogP contribution < -0.4 is 0 Å². The Hall–Kier alpha value is -1.59. The summed E-state index contributed by atoms with van der Waals surface area (Å²) in [6.45, 7) is 0. The number of aliphatic hydroxyl groups is 5. The van der Waals surface area contributed by atoms with Crippen molar-refractivity contribution in [3.63, 3.8) is 0 Å². The first-order chi connectivity index (χ1) is 11.1. The minimum atomic E-state index is -3.18. The zero-order valence-corrected chi connectivity index (χ0v) is 12.7. The van der Waals surface area contributed by atoms with Crippen LogP contribution in [-0.2, 0) is 15.1 Å². The number of fused-ring (bicyclic) bond motifs is 1. The van der Waals surface area contributed by atoms with Gasteiger partial charge in [0.25, 0.3) is 0 Å². The lowest BCUT2D eigenvalue weighted by Crippen LogP contribution is -2.79. The Morgan fingerprint density at radius 2 is 1.83 bits per heavy atom. The van der Waals surface area contributed by atoms with Crippen LogP contribution in [0.3, 0.4) is 0 Å². The summed E-state index contributed by atoms with van der Waals surface area (Å²) in [6, 6.07) is 5.89. The van der Waals surface area contributed by atoms with Crippen LogP contribution in [0.15, 0.2) is 29.3 Å². The number of hydrogen-bond acceptors (Lipinski definition) is 8. The van der Waals surface area contributed by atoms with Crippen molar-refractivity contribution in [2.24, 2.45) is 4.99 Å². The molecule has 0 aliphatic carbocycles. The van der Waals surface area contributed by atoms with Gasteiger partial charge in [-0.2, -0.15) is 0 Å². The molecule has 2 aliphatic heterocycles. The highest BCUT2D eigenvalue weighted by molar-refractivity contribution is 6.25. The molecule has 9 nitrogen and oxygen atoms in total. The van der Waals surface area contributed by atoms with Gasteiger partial charge >= 0.3 is 5.97 Å². The first-order valence-electron chi connectivity index (χ1n) is 6.82. The van der Waals surface area contributed by atoms with Crippen molar-refractivity contribution in [3.05, 3.63) is 29.8 Å². The van der Waals surface area contributed by atoms with Gasteiger partial charge in [-0.1, -0.05) is 29.8 Å². The molecule has 1 unspecified atom stereocenters. The van der Waals surface area contributed by atoms with Crippen molar-refractivity contribution in [1.82, 2.24) is 0 Å². The lowest BCUT2D eigenvalue weighted by Gasteiger charge is -2.54. The Kier molecular flexibility index (Phi) is 3.74. The number of para-hydroxylation sites is 1. The van der Waals surface area contributed by atoms with Crippen LogP contribution in [0.2, 0.25) is 0 Å². The number of aliphatic hydroxyl groups excluding tert-OH is 2. The van der Waals surface area contributed by atoms with Gasteiger partial charge < -0.3 is 35.4 Å². The van der Waals surface area contributed by atoms with Crippen molar-refractivity contribution in [1.29, 1.82) is 0 Å². The molecule has 6 N–H and O–H groups in total. The monoisotopic (exact) mass is 359 g/mol. The number of carbonyl (C=O) groups is 1. The number of carboxylic acids is 1. The van der Waals surface area contributed by atoms with Crippen molar-refractivity contribution >= 4 is 29.5 Å². The quantitative estimate of drug-likeness (QED) is 0.345. The molecule has 0 spiro atoms. The second kappa shape index (κ2) is 5.20. The van der Waals surface area contributed by atoms with Gasteiger partial charge in [0, 0.05) is 11.8 Å².